The highest BCUT2D eigenvalue weighted by atomic mass is 32.2. The van der Waals surface area contributed by atoms with Crippen molar-refractivity contribution in [1.29, 1.82) is 0 Å². The van der Waals surface area contributed by atoms with E-state index < -0.39 is 0 Å². The summed E-state index contributed by atoms with van der Waals surface area (Å²) in [5, 5.41) is 5.85. The highest BCUT2D eigenvalue weighted by molar-refractivity contribution is 7.99. The van der Waals surface area contributed by atoms with Crippen LogP contribution in [0.25, 0.3) is 0 Å². The summed E-state index contributed by atoms with van der Waals surface area (Å²) in [7, 11) is 0. The molecule has 108 valence electrons. The molecule has 0 spiro atoms. The van der Waals surface area contributed by atoms with Gasteiger partial charge in [-0.3, -0.25) is 0 Å². The Labute approximate surface area is 125 Å². The third kappa shape index (κ3) is 4.47. The Kier molecular flexibility index (Phi) is 5.32. The Balaban J connectivity index is 1.78. The standard InChI is InChI=1S/C15H26N2S2/c1-15(2,3)14-17-10-13(19-14)9-16-11-5-7-12(18-4)8-6-11/h10-12,16H,5-9H2,1-4H3. The zero-order valence-corrected chi connectivity index (χ0v) is 14.2. The second kappa shape index (κ2) is 6.59. The maximum absolute atomic E-state index is 4.55. The molecule has 0 bridgehead atoms. The summed E-state index contributed by atoms with van der Waals surface area (Å²) >= 11 is 3.89. The summed E-state index contributed by atoms with van der Waals surface area (Å²) in [5.74, 6) is 0. The van der Waals surface area contributed by atoms with Crippen LogP contribution in [0.5, 0.6) is 0 Å². The summed E-state index contributed by atoms with van der Waals surface area (Å²) in [6.45, 7) is 7.68. The molecular weight excluding hydrogens is 272 g/mol. The first-order valence-corrected chi connectivity index (χ1v) is 9.31. The second-order valence-corrected chi connectivity index (χ2v) is 8.73. The van der Waals surface area contributed by atoms with Gasteiger partial charge in [-0.05, 0) is 31.9 Å². The molecular formula is C15H26N2S2. The van der Waals surface area contributed by atoms with E-state index >= 15 is 0 Å². The number of nitrogens with zero attached hydrogens (tertiary/aromatic N) is 1. The lowest BCUT2D eigenvalue weighted by molar-refractivity contribution is 0.380. The number of nitrogens with one attached hydrogen (secondary N) is 1. The van der Waals surface area contributed by atoms with E-state index in [9.17, 15) is 0 Å². The molecule has 1 fully saturated rings. The molecule has 1 aromatic heterocycles. The number of hydrogen-bond donors (Lipinski definition) is 1. The van der Waals surface area contributed by atoms with E-state index in [1.807, 2.05) is 29.3 Å². The lowest BCUT2D eigenvalue weighted by atomic mass is 9.95. The molecule has 1 aliphatic rings. The van der Waals surface area contributed by atoms with Crippen LogP contribution in [0, 0.1) is 0 Å². The fraction of sp³-hybridized carbons (Fsp3) is 0.800. The van der Waals surface area contributed by atoms with Gasteiger partial charge >= 0.3 is 0 Å². The van der Waals surface area contributed by atoms with Crippen molar-refractivity contribution in [3.8, 4) is 0 Å². The molecule has 1 aliphatic carbocycles. The van der Waals surface area contributed by atoms with Gasteiger partial charge in [-0.1, -0.05) is 20.8 Å². The molecule has 0 amide bonds. The summed E-state index contributed by atoms with van der Waals surface area (Å²) in [6.07, 6.45) is 9.69. The molecule has 0 radical (unpaired) electrons. The van der Waals surface area contributed by atoms with E-state index in [2.05, 4.69) is 37.3 Å². The molecule has 0 saturated heterocycles. The molecule has 0 aliphatic heterocycles. The largest absolute Gasteiger partial charge is 0.309 e. The Morgan fingerprint density at radius 3 is 2.53 bits per heavy atom. The highest BCUT2D eigenvalue weighted by Gasteiger charge is 2.21. The van der Waals surface area contributed by atoms with Crippen molar-refractivity contribution in [2.45, 2.75) is 69.7 Å². The van der Waals surface area contributed by atoms with Gasteiger partial charge in [-0.2, -0.15) is 11.8 Å². The van der Waals surface area contributed by atoms with Crippen LogP contribution in [-0.2, 0) is 12.0 Å². The van der Waals surface area contributed by atoms with Gasteiger partial charge < -0.3 is 5.32 Å². The van der Waals surface area contributed by atoms with Crippen LogP contribution in [-0.4, -0.2) is 22.5 Å². The van der Waals surface area contributed by atoms with Gasteiger partial charge in [-0.25, -0.2) is 4.98 Å². The van der Waals surface area contributed by atoms with Crippen molar-refractivity contribution in [2.75, 3.05) is 6.26 Å². The zero-order chi connectivity index (χ0) is 13.9. The molecule has 1 aromatic rings. The first-order valence-electron chi connectivity index (χ1n) is 7.20. The smallest absolute Gasteiger partial charge is 0.0981 e. The molecule has 4 heteroatoms. The average Bonchev–Trinajstić information content (AvgIpc) is 2.86. The van der Waals surface area contributed by atoms with E-state index in [1.165, 1.54) is 35.6 Å². The lowest BCUT2D eigenvalue weighted by Gasteiger charge is -2.27. The molecule has 1 N–H and O–H groups in total. The minimum Gasteiger partial charge on any atom is -0.309 e. The predicted octanol–water partition coefficient (Wildman–Crippen LogP) is 4.20. The van der Waals surface area contributed by atoms with Crippen LogP contribution < -0.4 is 5.32 Å². The Morgan fingerprint density at radius 2 is 2.00 bits per heavy atom. The van der Waals surface area contributed by atoms with Crippen molar-refractivity contribution >= 4 is 23.1 Å². The van der Waals surface area contributed by atoms with Crippen molar-refractivity contribution in [3.05, 3.63) is 16.1 Å². The highest BCUT2D eigenvalue weighted by Crippen LogP contribution is 2.28. The van der Waals surface area contributed by atoms with Crippen LogP contribution in [0.1, 0.15) is 56.3 Å². The minimum absolute atomic E-state index is 0.180. The maximum Gasteiger partial charge on any atom is 0.0981 e. The fourth-order valence-corrected chi connectivity index (χ4v) is 4.15. The Hall–Kier alpha value is -0.0600. The molecule has 2 rings (SSSR count). The van der Waals surface area contributed by atoms with Crippen molar-refractivity contribution in [2.24, 2.45) is 0 Å². The number of thiazole rings is 1. The summed E-state index contributed by atoms with van der Waals surface area (Å²) in [5.41, 5.74) is 0.180. The van der Waals surface area contributed by atoms with Gasteiger partial charge in [0.2, 0.25) is 0 Å². The zero-order valence-electron chi connectivity index (χ0n) is 12.5. The van der Waals surface area contributed by atoms with Crippen LogP contribution in [0.2, 0.25) is 0 Å². The first kappa shape index (κ1) is 15.3. The molecule has 19 heavy (non-hydrogen) atoms. The fourth-order valence-electron chi connectivity index (χ4n) is 2.48. The molecule has 0 aromatic carbocycles. The van der Waals surface area contributed by atoms with E-state index in [-0.39, 0.29) is 5.41 Å². The molecule has 0 atom stereocenters. The number of rotatable bonds is 4. The minimum atomic E-state index is 0.180. The van der Waals surface area contributed by atoms with E-state index in [0.717, 1.165) is 11.8 Å². The van der Waals surface area contributed by atoms with Crippen LogP contribution >= 0.6 is 23.1 Å². The Morgan fingerprint density at radius 1 is 1.32 bits per heavy atom. The SMILES string of the molecule is CSC1CCC(NCc2cnc(C(C)(C)C)s2)CC1. The van der Waals surface area contributed by atoms with Crippen molar-refractivity contribution in [3.63, 3.8) is 0 Å². The second-order valence-electron chi connectivity index (χ2n) is 6.47. The predicted molar refractivity (Wildman–Crippen MR) is 87.2 cm³/mol. The first-order chi connectivity index (χ1) is 8.99. The summed E-state index contributed by atoms with van der Waals surface area (Å²) < 4.78 is 0. The topological polar surface area (TPSA) is 24.9 Å². The maximum atomic E-state index is 4.55. The summed E-state index contributed by atoms with van der Waals surface area (Å²) in [4.78, 5) is 5.92. The van der Waals surface area contributed by atoms with Crippen molar-refractivity contribution in [1.82, 2.24) is 10.3 Å². The lowest BCUT2D eigenvalue weighted by Crippen LogP contribution is -2.33. The van der Waals surface area contributed by atoms with Crippen molar-refractivity contribution < 1.29 is 0 Å². The van der Waals surface area contributed by atoms with Gasteiger partial charge in [-0.15, -0.1) is 11.3 Å². The normalized spacial score (nSPS) is 24.6. The van der Waals surface area contributed by atoms with Gasteiger partial charge in [0.1, 0.15) is 0 Å². The van der Waals surface area contributed by atoms with Gasteiger partial charge in [0.25, 0.3) is 0 Å². The third-order valence-electron chi connectivity index (χ3n) is 3.77. The molecule has 2 nitrogen and oxygen atoms in total. The Bertz CT molecular complexity index is 387. The third-order valence-corrected chi connectivity index (χ3v) is 6.33. The van der Waals surface area contributed by atoms with E-state index in [1.54, 1.807) is 0 Å². The van der Waals surface area contributed by atoms with E-state index in [0.29, 0.717) is 6.04 Å². The van der Waals surface area contributed by atoms with Gasteiger partial charge in [0.15, 0.2) is 0 Å². The summed E-state index contributed by atoms with van der Waals surface area (Å²) in [6, 6.07) is 0.712. The van der Waals surface area contributed by atoms with Crippen LogP contribution in [0.15, 0.2) is 6.20 Å². The quantitative estimate of drug-likeness (QED) is 0.901. The molecule has 1 saturated carbocycles. The number of hydrogen-bond acceptors (Lipinski definition) is 4. The van der Waals surface area contributed by atoms with Crippen LogP contribution in [0.4, 0.5) is 0 Å². The monoisotopic (exact) mass is 298 g/mol. The van der Waals surface area contributed by atoms with Crippen LogP contribution in [0.3, 0.4) is 0 Å². The number of thioether (sulfide) groups is 1. The average molecular weight is 299 g/mol. The molecule has 1 heterocycles. The van der Waals surface area contributed by atoms with E-state index in [4.69, 9.17) is 0 Å². The molecule has 0 unspecified atom stereocenters. The van der Waals surface area contributed by atoms with Gasteiger partial charge in [0.05, 0.1) is 5.01 Å². The number of aromatic nitrogens is 1. The van der Waals surface area contributed by atoms with Gasteiger partial charge in [0, 0.05) is 34.3 Å².